The molecule has 1 atom stereocenters. The van der Waals surface area contributed by atoms with Crippen LogP contribution in [0.1, 0.15) is 31.9 Å². The topological polar surface area (TPSA) is 66.4 Å². The lowest BCUT2D eigenvalue weighted by Gasteiger charge is -2.17. The van der Waals surface area contributed by atoms with E-state index in [0.717, 1.165) is 0 Å². The van der Waals surface area contributed by atoms with Gasteiger partial charge in [0.25, 0.3) is 0 Å². The number of aliphatic carboxylic acids is 1. The van der Waals surface area contributed by atoms with Crippen LogP contribution in [0.25, 0.3) is 0 Å². The number of carbonyl (C=O) groups excluding carboxylic acids is 1. The van der Waals surface area contributed by atoms with E-state index in [1.54, 1.807) is 19.9 Å². The Balaban J connectivity index is 2.92. The van der Waals surface area contributed by atoms with Gasteiger partial charge < -0.3 is 10.4 Å². The first-order chi connectivity index (χ1) is 8.93. The van der Waals surface area contributed by atoms with E-state index in [2.05, 4.69) is 5.32 Å². The van der Waals surface area contributed by atoms with Gasteiger partial charge in [0.1, 0.15) is 5.82 Å². The molecular formula is C14H16FNO3. The average molecular weight is 265 g/mol. The van der Waals surface area contributed by atoms with Crippen LogP contribution >= 0.6 is 0 Å². The third-order valence-corrected chi connectivity index (χ3v) is 2.75. The predicted octanol–water partition coefficient (Wildman–Crippen LogP) is 2.42. The molecule has 0 aliphatic carbocycles. The Hall–Kier alpha value is -2.17. The molecule has 19 heavy (non-hydrogen) atoms. The van der Waals surface area contributed by atoms with Crippen LogP contribution in [0, 0.1) is 5.82 Å². The summed E-state index contributed by atoms with van der Waals surface area (Å²) in [6.07, 6.45) is 1.38. The summed E-state index contributed by atoms with van der Waals surface area (Å²) >= 11 is 0. The smallest absolute Gasteiger partial charge is 0.305 e. The number of nitrogens with one attached hydrogen (secondary N) is 1. The molecule has 1 rings (SSSR count). The van der Waals surface area contributed by atoms with Crippen molar-refractivity contribution in [3.05, 3.63) is 47.3 Å². The number of amides is 1. The number of carboxylic acids is 1. The van der Waals surface area contributed by atoms with Crippen molar-refractivity contribution in [3.8, 4) is 0 Å². The SMILES string of the molecule is C/C=C(\C)C(=O)NC(CC(=O)O)c1ccc(F)cc1. The van der Waals surface area contributed by atoms with Crippen molar-refractivity contribution >= 4 is 11.9 Å². The molecule has 1 amide bonds. The number of halogens is 1. The van der Waals surface area contributed by atoms with E-state index in [0.29, 0.717) is 11.1 Å². The van der Waals surface area contributed by atoms with Gasteiger partial charge in [-0.3, -0.25) is 9.59 Å². The molecule has 0 fully saturated rings. The maximum atomic E-state index is 12.8. The summed E-state index contributed by atoms with van der Waals surface area (Å²) in [7, 11) is 0. The number of benzene rings is 1. The minimum atomic E-state index is -1.03. The molecule has 0 aromatic heterocycles. The monoisotopic (exact) mass is 265 g/mol. The van der Waals surface area contributed by atoms with Crippen LogP contribution in [-0.2, 0) is 9.59 Å². The van der Waals surface area contributed by atoms with Crippen molar-refractivity contribution in [1.82, 2.24) is 5.32 Å². The Kier molecular flexibility index (Phi) is 5.23. The van der Waals surface area contributed by atoms with Crippen molar-refractivity contribution in [2.24, 2.45) is 0 Å². The highest BCUT2D eigenvalue weighted by atomic mass is 19.1. The Morgan fingerprint density at radius 1 is 1.37 bits per heavy atom. The third kappa shape index (κ3) is 4.54. The first kappa shape index (κ1) is 14.9. The Labute approximate surface area is 110 Å². The molecule has 0 spiro atoms. The lowest BCUT2D eigenvalue weighted by atomic mass is 10.0. The third-order valence-electron chi connectivity index (χ3n) is 2.75. The molecule has 0 heterocycles. The van der Waals surface area contributed by atoms with Crippen LogP contribution in [0.2, 0.25) is 0 Å². The highest BCUT2D eigenvalue weighted by Crippen LogP contribution is 2.18. The Morgan fingerprint density at radius 3 is 2.42 bits per heavy atom. The zero-order valence-electron chi connectivity index (χ0n) is 10.8. The molecule has 0 radical (unpaired) electrons. The summed E-state index contributed by atoms with van der Waals surface area (Å²) in [5, 5.41) is 11.5. The quantitative estimate of drug-likeness (QED) is 0.803. The molecule has 0 saturated carbocycles. The zero-order valence-corrected chi connectivity index (χ0v) is 10.8. The molecular weight excluding hydrogens is 249 g/mol. The zero-order chi connectivity index (χ0) is 14.4. The van der Waals surface area contributed by atoms with Crippen molar-refractivity contribution < 1.29 is 19.1 Å². The highest BCUT2D eigenvalue weighted by Gasteiger charge is 2.18. The maximum Gasteiger partial charge on any atom is 0.305 e. The van der Waals surface area contributed by atoms with Crippen LogP contribution in [0.15, 0.2) is 35.9 Å². The molecule has 1 unspecified atom stereocenters. The van der Waals surface area contributed by atoms with Gasteiger partial charge in [0.05, 0.1) is 12.5 Å². The van der Waals surface area contributed by atoms with E-state index >= 15 is 0 Å². The number of hydrogen-bond donors (Lipinski definition) is 2. The second kappa shape index (κ2) is 6.68. The number of allylic oxidation sites excluding steroid dienone is 1. The normalized spacial score (nSPS) is 12.9. The fourth-order valence-corrected chi connectivity index (χ4v) is 1.53. The minimum absolute atomic E-state index is 0.256. The van der Waals surface area contributed by atoms with Crippen molar-refractivity contribution in [1.29, 1.82) is 0 Å². The van der Waals surface area contributed by atoms with Crippen LogP contribution < -0.4 is 5.32 Å². The van der Waals surface area contributed by atoms with Gasteiger partial charge in [-0.25, -0.2) is 4.39 Å². The molecule has 102 valence electrons. The molecule has 0 saturated heterocycles. The summed E-state index contributed by atoms with van der Waals surface area (Å²) in [5.41, 5.74) is 1.05. The van der Waals surface area contributed by atoms with Gasteiger partial charge in [-0.05, 0) is 31.5 Å². The Morgan fingerprint density at radius 2 is 1.95 bits per heavy atom. The lowest BCUT2D eigenvalue weighted by molar-refractivity contribution is -0.137. The molecule has 0 bridgehead atoms. The largest absolute Gasteiger partial charge is 0.481 e. The maximum absolute atomic E-state index is 12.8. The van der Waals surface area contributed by atoms with Gasteiger partial charge in [0.2, 0.25) is 5.91 Å². The second-order valence-corrected chi connectivity index (χ2v) is 4.15. The fraction of sp³-hybridized carbons (Fsp3) is 0.286. The first-order valence-electron chi connectivity index (χ1n) is 5.85. The summed E-state index contributed by atoms with van der Waals surface area (Å²) in [4.78, 5) is 22.6. The summed E-state index contributed by atoms with van der Waals surface area (Å²) in [6.45, 7) is 3.36. The van der Waals surface area contributed by atoms with Gasteiger partial charge in [-0.2, -0.15) is 0 Å². The minimum Gasteiger partial charge on any atom is -0.481 e. The van der Waals surface area contributed by atoms with E-state index in [9.17, 15) is 14.0 Å². The average Bonchev–Trinajstić information content (AvgIpc) is 2.37. The molecule has 0 aliphatic rings. The number of carboxylic acid groups (broad SMARTS) is 1. The van der Waals surface area contributed by atoms with Gasteiger partial charge in [-0.1, -0.05) is 18.2 Å². The fourth-order valence-electron chi connectivity index (χ4n) is 1.53. The van der Waals surface area contributed by atoms with Gasteiger partial charge >= 0.3 is 5.97 Å². The number of rotatable bonds is 5. The van der Waals surface area contributed by atoms with E-state index in [4.69, 9.17) is 5.11 Å². The van der Waals surface area contributed by atoms with Gasteiger partial charge in [-0.15, -0.1) is 0 Å². The highest BCUT2D eigenvalue weighted by molar-refractivity contribution is 5.93. The van der Waals surface area contributed by atoms with Crippen LogP contribution in [0.3, 0.4) is 0 Å². The van der Waals surface area contributed by atoms with E-state index < -0.39 is 17.8 Å². The van der Waals surface area contributed by atoms with Crippen molar-refractivity contribution in [2.75, 3.05) is 0 Å². The molecule has 4 nitrogen and oxygen atoms in total. The summed E-state index contributed by atoms with van der Waals surface area (Å²) in [6, 6.07) is 4.72. The van der Waals surface area contributed by atoms with Gasteiger partial charge in [0, 0.05) is 5.57 Å². The van der Waals surface area contributed by atoms with E-state index in [-0.39, 0.29) is 12.3 Å². The Bertz CT molecular complexity index is 494. The number of hydrogen-bond acceptors (Lipinski definition) is 2. The van der Waals surface area contributed by atoms with Crippen molar-refractivity contribution in [2.45, 2.75) is 26.3 Å². The molecule has 1 aromatic rings. The van der Waals surface area contributed by atoms with Crippen LogP contribution in [0.5, 0.6) is 0 Å². The summed E-state index contributed by atoms with van der Waals surface area (Å²) in [5.74, 6) is -1.78. The standard InChI is InChI=1S/C14H16FNO3/c1-3-9(2)14(19)16-12(8-13(17)18)10-4-6-11(15)7-5-10/h3-7,12H,8H2,1-2H3,(H,16,19)(H,17,18)/b9-3+. The molecule has 0 aliphatic heterocycles. The second-order valence-electron chi connectivity index (χ2n) is 4.15. The van der Waals surface area contributed by atoms with E-state index in [1.807, 2.05) is 0 Å². The lowest BCUT2D eigenvalue weighted by Crippen LogP contribution is -2.30. The van der Waals surface area contributed by atoms with E-state index in [1.165, 1.54) is 24.3 Å². The van der Waals surface area contributed by atoms with Crippen LogP contribution in [-0.4, -0.2) is 17.0 Å². The first-order valence-corrected chi connectivity index (χ1v) is 5.85. The predicted molar refractivity (Wildman–Crippen MR) is 69.0 cm³/mol. The molecule has 1 aromatic carbocycles. The van der Waals surface area contributed by atoms with Crippen molar-refractivity contribution in [3.63, 3.8) is 0 Å². The van der Waals surface area contributed by atoms with Crippen LogP contribution in [0.4, 0.5) is 4.39 Å². The summed E-state index contributed by atoms with van der Waals surface area (Å²) < 4.78 is 12.8. The molecule has 2 N–H and O–H groups in total. The number of carbonyl (C=O) groups is 2. The van der Waals surface area contributed by atoms with Gasteiger partial charge in [0.15, 0.2) is 0 Å². The molecule has 5 heteroatoms.